The van der Waals surface area contributed by atoms with Crippen LogP contribution in [0.15, 0.2) is 23.1 Å². The number of rotatable bonds is 3. The first-order valence-corrected chi connectivity index (χ1v) is 7.78. The number of hydrogen-bond acceptors (Lipinski definition) is 4. The van der Waals surface area contributed by atoms with Gasteiger partial charge in [0.15, 0.2) is 0 Å². The molecule has 1 atom stereocenters. The molecule has 1 saturated heterocycles. The van der Waals surface area contributed by atoms with E-state index in [0.717, 1.165) is 0 Å². The minimum absolute atomic E-state index is 0.0773. The quantitative estimate of drug-likeness (QED) is 0.919. The van der Waals surface area contributed by atoms with E-state index in [2.05, 4.69) is 0 Å². The van der Waals surface area contributed by atoms with Gasteiger partial charge in [0.1, 0.15) is 10.6 Å². The van der Waals surface area contributed by atoms with Crippen LogP contribution in [0.25, 0.3) is 0 Å². The molecule has 1 heterocycles. The number of aliphatic hydroxyl groups is 1. The largest absolute Gasteiger partial charge is 0.495 e. The molecule has 7 heteroatoms. The summed E-state index contributed by atoms with van der Waals surface area (Å²) in [6.45, 7) is 0.527. The van der Waals surface area contributed by atoms with E-state index in [1.165, 1.54) is 29.6 Å². The number of ether oxygens (including phenoxy) is 1. The average Bonchev–Trinajstić information content (AvgIpc) is 2.38. The summed E-state index contributed by atoms with van der Waals surface area (Å²) in [5, 5.41) is 10.0. The van der Waals surface area contributed by atoms with Crippen molar-refractivity contribution in [2.45, 2.75) is 23.8 Å². The smallest absolute Gasteiger partial charge is 0.246 e. The SMILES string of the molecule is COc1cc(Cl)ccc1S(=O)(=O)N1CCC[C@H](O)C1. The van der Waals surface area contributed by atoms with Crippen molar-refractivity contribution in [3.8, 4) is 5.75 Å². The van der Waals surface area contributed by atoms with Gasteiger partial charge in [-0.2, -0.15) is 4.31 Å². The van der Waals surface area contributed by atoms with Crippen LogP contribution in [0.5, 0.6) is 5.75 Å². The molecule has 1 aliphatic heterocycles. The van der Waals surface area contributed by atoms with Gasteiger partial charge in [-0.15, -0.1) is 0 Å². The lowest BCUT2D eigenvalue weighted by Gasteiger charge is -2.29. The Morgan fingerprint density at radius 3 is 2.84 bits per heavy atom. The summed E-state index contributed by atoms with van der Waals surface area (Å²) in [6, 6.07) is 4.41. The maximum absolute atomic E-state index is 12.5. The van der Waals surface area contributed by atoms with Gasteiger partial charge in [-0.05, 0) is 25.0 Å². The molecular weight excluding hydrogens is 290 g/mol. The number of piperidine rings is 1. The Hall–Kier alpha value is -0.820. The molecule has 2 rings (SSSR count). The Morgan fingerprint density at radius 2 is 2.21 bits per heavy atom. The van der Waals surface area contributed by atoms with E-state index in [9.17, 15) is 13.5 Å². The summed E-state index contributed by atoms with van der Waals surface area (Å²) in [4.78, 5) is 0.0773. The first-order chi connectivity index (χ1) is 8.95. The zero-order valence-corrected chi connectivity index (χ0v) is 12.1. The number of methoxy groups -OCH3 is 1. The molecule has 0 spiro atoms. The summed E-state index contributed by atoms with van der Waals surface area (Å²) in [5.41, 5.74) is 0. The van der Waals surface area contributed by atoms with Gasteiger partial charge >= 0.3 is 0 Å². The fourth-order valence-corrected chi connectivity index (χ4v) is 3.95. The van der Waals surface area contributed by atoms with Crippen molar-refractivity contribution in [3.05, 3.63) is 23.2 Å². The van der Waals surface area contributed by atoms with Crippen LogP contribution in [0.2, 0.25) is 5.02 Å². The van der Waals surface area contributed by atoms with E-state index < -0.39 is 16.1 Å². The van der Waals surface area contributed by atoms with E-state index in [-0.39, 0.29) is 17.2 Å². The number of benzene rings is 1. The van der Waals surface area contributed by atoms with Crippen LogP contribution in [0.3, 0.4) is 0 Å². The van der Waals surface area contributed by atoms with Gasteiger partial charge in [0.05, 0.1) is 13.2 Å². The van der Waals surface area contributed by atoms with Gasteiger partial charge in [0.25, 0.3) is 0 Å². The van der Waals surface area contributed by atoms with Gasteiger partial charge in [-0.3, -0.25) is 0 Å². The molecule has 0 aromatic heterocycles. The van der Waals surface area contributed by atoms with Crippen LogP contribution in [0, 0.1) is 0 Å². The minimum atomic E-state index is -3.66. The molecule has 0 amide bonds. The lowest BCUT2D eigenvalue weighted by atomic mass is 10.1. The first-order valence-electron chi connectivity index (χ1n) is 5.97. The Balaban J connectivity index is 2.39. The highest BCUT2D eigenvalue weighted by Crippen LogP contribution is 2.30. The van der Waals surface area contributed by atoms with E-state index in [1.807, 2.05) is 0 Å². The number of halogens is 1. The highest BCUT2D eigenvalue weighted by molar-refractivity contribution is 7.89. The highest BCUT2D eigenvalue weighted by atomic mass is 35.5. The lowest BCUT2D eigenvalue weighted by molar-refractivity contribution is 0.108. The highest BCUT2D eigenvalue weighted by Gasteiger charge is 2.31. The molecule has 1 aromatic carbocycles. The first kappa shape index (κ1) is 14.6. The summed E-state index contributed by atoms with van der Waals surface area (Å²) in [6.07, 6.45) is 0.668. The molecular formula is C12H16ClNO4S. The monoisotopic (exact) mass is 305 g/mol. The van der Waals surface area contributed by atoms with Gasteiger partial charge in [0, 0.05) is 24.2 Å². The molecule has 0 radical (unpaired) electrons. The van der Waals surface area contributed by atoms with Gasteiger partial charge in [-0.25, -0.2) is 8.42 Å². The van der Waals surface area contributed by atoms with Crippen molar-refractivity contribution in [3.63, 3.8) is 0 Å². The topological polar surface area (TPSA) is 66.8 Å². The predicted molar refractivity (Wildman–Crippen MR) is 72.0 cm³/mol. The van der Waals surface area contributed by atoms with Gasteiger partial charge in [-0.1, -0.05) is 11.6 Å². The third-order valence-corrected chi connectivity index (χ3v) is 5.24. The van der Waals surface area contributed by atoms with Crippen LogP contribution < -0.4 is 4.74 Å². The summed E-state index contributed by atoms with van der Waals surface area (Å²) < 4.78 is 31.4. The second-order valence-electron chi connectivity index (χ2n) is 4.45. The molecule has 1 aliphatic rings. The van der Waals surface area contributed by atoms with Crippen molar-refractivity contribution < 1.29 is 18.3 Å². The standard InChI is InChI=1S/C12H16ClNO4S/c1-18-11-7-9(13)4-5-12(11)19(16,17)14-6-2-3-10(15)8-14/h4-5,7,10,15H,2-3,6,8H2,1H3/t10-/m0/s1. The van der Waals surface area contributed by atoms with Crippen LogP contribution in [-0.2, 0) is 10.0 Å². The Kier molecular flexibility index (Phi) is 4.35. The average molecular weight is 306 g/mol. The number of sulfonamides is 1. The number of β-amino-alcohol motifs (C(OH)–C–C–N with tert-alkyl or cyclic N) is 1. The van der Waals surface area contributed by atoms with Crippen molar-refractivity contribution in [2.24, 2.45) is 0 Å². The summed E-state index contributed by atoms with van der Waals surface area (Å²) in [5.74, 6) is 0.215. The fraction of sp³-hybridized carbons (Fsp3) is 0.500. The lowest BCUT2D eigenvalue weighted by Crippen LogP contribution is -2.42. The Bertz CT molecular complexity index is 561. The Morgan fingerprint density at radius 1 is 1.47 bits per heavy atom. The molecule has 5 nitrogen and oxygen atoms in total. The van der Waals surface area contributed by atoms with Crippen molar-refractivity contribution in [1.29, 1.82) is 0 Å². The molecule has 1 fully saturated rings. The fourth-order valence-electron chi connectivity index (χ4n) is 2.13. The zero-order valence-electron chi connectivity index (χ0n) is 10.5. The Labute approximate surface area is 117 Å². The van der Waals surface area contributed by atoms with Gasteiger partial charge in [0.2, 0.25) is 10.0 Å². The molecule has 0 unspecified atom stereocenters. The number of aliphatic hydroxyl groups excluding tert-OH is 1. The van der Waals surface area contributed by atoms with Crippen LogP contribution in [-0.4, -0.2) is 44.1 Å². The predicted octanol–water partition coefficient (Wildman–Crippen LogP) is 1.49. The van der Waals surface area contributed by atoms with Crippen LogP contribution in [0.1, 0.15) is 12.8 Å². The molecule has 0 saturated carbocycles. The maximum Gasteiger partial charge on any atom is 0.246 e. The normalized spacial score (nSPS) is 21.3. The molecule has 1 aromatic rings. The minimum Gasteiger partial charge on any atom is -0.495 e. The second kappa shape index (κ2) is 5.66. The molecule has 106 valence electrons. The van der Waals surface area contributed by atoms with E-state index in [4.69, 9.17) is 16.3 Å². The molecule has 0 aliphatic carbocycles. The third-order valence-electron chi connectivity index (χ3n) is 3.10. The maximum atomic E-state index is 12.5. The van der Waals surface area contributed by atoms with Crippen molar-refractivity contribution >= 4 is 21.6 Å². The number of nitrogens with zero attached hydrogens (tertiary/aromatic N) is 1. The van der Waals surface area contributed by atoms with E-state index >= 15 is 0 Å². The van der Waals surface area contributed by atoms with Crippen LogP contribution in [0.4, 0.5) is 0 Å². The molecule has 0 bridgehead atoms. The molecule has 19 heavy (non-hydrogen) atoms. The van der Waals surface area contributed by atoms with Crippen molar-refractivity contribution in [2.75, 3.05) is 20.2 Å². The van der Waals surface area contributed by atoms with Crippen molar-refractivity contribution in [1.82, 2.24) is 4.31 Å². The third kappa shape index (κ3) is 3.02. The van der Waals surface area contributed by atoms with Gasteiger partial charge < -0.3 is 9.84 Å². The number of hydrogen-bond donors (Lipinski definition) is 1. The summed E-state index contributed by atoms with van der Waals surface area (Å²) in [7, 11) is -2.27. The van der Waals surface area contributed by atoms with E-state index in [1.54, 1.807) is 0 Å². The second-order valence-corrected chi connectivity index (χ2v) is 6.80. The summed E-state index contributed by atoms with van der Waals surface area (Å²) >= 11 is 5.83. The van der Waals surface area contributed by atoms with Crippen LogP contribution >= 0.6 is 11.6 Å². The molecule has 1 N–H and O–H groups in total. The van der Waals surface area contributed by atoms with E-state index in [0.29, 0.717) is 24.4 Å². The zero-order chi connectivity index (χ0) is 14.0.